The van der Waals surface area contributed by atoms with Crippen LogP contribution in [0.15, 0.2) is 27.9 Å². The number of nitrogens with zero attached hydrogens (tertiary/aromatic N) is 3. The van der Waals surface area contributed by atoms with E-state index in [-0.39, 0.29) is 18.3 Å². The number of anilines is 1. The largest absolute Gasteiger partial charge is 0.454 e. The van der Waals surface area contributed by atoms with E-state index >= 15 is 0 Å². The minimum atomic E-state index is -0.401. The lowest BCUT2D eigenvalue weighted by molar-refractivity contribution is -0.122. The first-order valence-electron chi connectivity index (χ1n) is 11.4. The third-order valence-electron chi connectivity index (χ3n) is 6.03. The standard InChI is InChI=1S/C25H26N4O4S2/c1-4-5-6-9-29-24(31)21(35-25(29)34)11-17-15(2)18(12-26)23(30)28(3)22(17)27-13-16-7-8-19-20(10-16)33-14-32-19/h7-8,10-11,27H,4-6,9,13-14H2,1-3H3/b21-11+. The van der Waals surface area contributed by atoms with Crippen molar-refractivity contribution in [3.8, 4) is 17.6 Å². The number of hydrogen-bond donors (Lipinski definition) is 1. The van der Waals surface area contributed by atoms with Crippen molar-refractivity contribution >= 4 is 46.1 Å². The minimum Gasteiger partial charge on any atom is -0.454 e. The summed E-state index contributed by atoms with van der Waals surface area (Å²) in [6.07, 6.45) is 4.69. The van der Waals surface area contributed by atoms with Crippen LogP contribution in [0.4, 0.5) is 5.82 Å². The van der Waals surface area contributed by atoms with Crippen LogP contribution >= 0.6 is 24.0 Å². The van der Waals surface area contributed by atoms with Gasteiger partial charge in [-0.05, 0) is 42.7 Å². The van der Waals surface area contributed by atoms with Crippen LogP contribution < -0.4 is 20.3 Å². The number of rotatable bonds is 8. The molecule has 1 N–H and O–H groups in total. The number of benzene rings is 1. The number of aromatic nitrogens is 1. The number of ether oxygens (including phenoxy) is 2. The average molecular weight is 511 g/mol. The molecule has 10 heteroatoms. The van der Waals surface area contributed by atoms with Gasteiger partial charge >= 0.3 is 0 Å². The summed E-state index contributed by atoms with van der Waals surface area (Å²) in [6.45, 7) is 5.00. The Morgan fingerprint density at radius 3 is 2.77 bits per heavy atom. The van der Waals surface area contributed by atoms with Crippen LogP contribution in [0.25, 0.3) is 6.08 Å². The summed E-state index contributed by atoms with van der Waals surface area (Å²) in [5.41, 5.74) is 1.70. The molecule has 0 saturated carbocycles. The number of pyridine rings is 1. The van der Waals surface area contributed by atoms with Crippen molar-refractivity contribution in [1.82, 2.24) is 9.47 Å². The zero-order valence-corrected chi connectivity index (χ0v) is 21.5. The van der Waals surface area contributed by atoms with Gasteiger partial charge in [0.2, 0.25) is 6.79 Å². The summed E-state index contributed by atoms with van der Waals surface area (Å²) in [5.74, 6) is 1.73. The van der Waals surface area contributed by atoms with Gasteiger partial charge in [0.15, 0.2) is 11.5 Å². The summed E-state index contributed by atoms with van der Waals surface area (Å²) in [5, 5.41) is 12.9. The minimum absolute atomic E-state index is 0.0470. The van der Waals surface area contributed by atoms with Crippen LogP contribution in [-0.4, -0.2) is 33.0 Å². The molecule has 0 unspecified atom stereocenters. The number of thiocarbonyl (C=S) groups is 1. The Kier molecular flexibility index (Phi) is 7.48. The van der Waals surface area contributed by atoms with Gasteiger partial charge in [0, 0.05) is 25.7 Å². The number of hydrogen-bond acceptors (Lipinski definition) is 8. The Labute approximate surface area is 213 Å². The fourth-order valence-corrected chi connectivity index (χ4v) is 5.32. The SMILES string of the molecule is CCCCCN1C(=O)/C(=C\c2c(C)c(C#N)c(=O)n(C)c2NCc2ccc3c(c2)OCO3)SC1=S. The Bertz CT molecular complexity index is 1330. The molecule has 1 aromatic heterocycles. The van der Waals surface area contributed by atoms with E-state index in [1.807, 2.05) is 24.3 Å². The van der Waals surface area contributed by atoms with Gasteiger partial charge in [-0.25, -0.2) is 0 Å². The van der Waals surface area contributed by atoms with E-state index < -0.39 is 5.56 Å². The molecule has 4 rings (SSSR count). The van der Waals surface area contributed by atoms with Crippen molar-refractivity contribution in [1.29, 1.82) is 5.26 Å². The molecule has 0 spiro atoms. The van der Waals surface area contributed by atoms with Gasteiger partial charge < -0.3 is 14.8 Å². The summed E-state index contributed by atoms with van der Waals surface area (Å²) in [4.78, 5) is 28.1. The van der Waals surface area contributed by atoms with Gasteiger partial charge in [-0.2, -0.15) is 5.26 Å². The Balaban J connectivity index is 1.69. The summed E-state index contributed by atoms with van der Waals surface area (Å²) in [6, 6.07) is 7.65. The summed E-state index contributed by atoms with van der Waals surface area (Å²) >= 11 is 6.70. The number of unbranched alkanes of at least 4 members (excludes halogenated alkanes) is 2. The van der Waals surface area contributed by atoms with E-state index in [2.05, 4.69) is 12.2 Å². The molecular weight excluding hydrogens is 484 g/mol. The van der Waals surface area contributed by atoms with Gasteiger partial charge in [-0.1, -0.05) is 49.8 Å². The molecule has 2 aromatic rings. The Hall–Kier alpha value is -3.29. The monoisotopic (exact) mass is 510 g/mol. The number of thioether (sulfide) groups is 1. The Morgan fingerprint density at radius 1 is 1.26 bits per heavy atom. The maximum Gasteiger partial charge on any atom is 0.270 e. The zero-order chi connectivity index (χ0) is 25.1. The van der Waals surface area contributed by atoms with E-state index in [0.717, 1.165) is 24.8 Å². The van der Waals surface area contributed by atoms with E-state index in [9.17, 15) is 14.9 Å². The fraction of sp³-hybridized carbons (Fsp3) is 0.360. The lowest BCUT2D eigenvalue weighted by atomic mass is 10.0. The molecular formula is C25H26N4O4S2. The maximum atomic E-state index is 13.1. The molecule has 8 nitrogen and oxygen atoms in total. The van der Waals surface area contributed by atoms with Crippen molar-refractivity contribution in [3.63, 3.8) is 0 Å². The quantitative estimate of drug-likeness (QED) is 0.319. The highest BCUT2D eigenvalue weighted by Crippen LogP contribution is 2.36. The first-order valence-corrected chi connectivity index (χ1v) is 12.6. The molecule has 1 aromatic carbocycles. The second-order valence-electron chi connectivity index (χ2n) is 8.32. The predicted octanol–water partition coefficient (Wildman–Crippen LogP) is 4.30. The second-order valence-corrected chi connectivity index (χ2v) is 10.00. The molecule has 1 amide bonds. The number of carbonyl (C=O) groups is 1. The average Bonchev–Trinajstić information content (AvgIpc) is 3.42. The zero-order valence-electron chi connectivity index (χ0n) is 19.8. The normalized spacial score (nSPS) is 15.7. The molecule has 0 atom stereocenters. The summed E-state index contributed by atoms with van der Waals surface area (Å²) in [7, 11) is 1.61. The lowest BCUT2D eigenvalue weighted by Crippen LogP contribution is -2.29. The molecule has 2 aliphatic heterocycles. The van der Waals surface area contributed by atoms with E-state index in [1.54, 1.807) is 24.9 Å². The van der Waals surface area contributed by atoms with Crippen LogP contribution in [-0.2, 0) is 18.4 Å². The number of amides is 1. The van der Waals surface area contributed by atoms with Crippen molar-refractivity contribution in [2.24, 2.45) is 7.05 Å². The van der Waals surface area contributed by atoms with E-state index in [1.165, 1.54) is 16.3 Å². The highest BCUT2D eigenvalue weighted by Gasteiger charge is 2.32. The first kappa shape index (κ1) is 24.8. The van der Waals surface area contributed by atoms with Crippen molar-refractivity contribution in [2.75, 3.05) is 18.7 Å². The van der Waals surface area contributed by atoms with Gasteiger partial charge in [-0.15, -0.1) is 0 Å². The summed E-state index contributed by atoms with van der Waals surface area (Å²) < 4.78 is 12.8. The third-order valence-corrected chi connectivity index (χ3v) is 7.41. The van der Waals surface area contributed by atoms with Crippen molar-refractivity contribution < 1.29 is 14.3 Å². The van der Waals surface area contributed by atoms with E-state index in [4.69, 9.17) is 21.7 Å². The van der Waals surface area contributed by atoms with Crippen LogP contribution in [0, 0.1) is 18.3 Å². The van der Waals surface area contributed by atoms with Gasteiger partial charge in [-0.3, -0.25) is 19.1 Å². The number of carbonyl (C=O) groups excluding carboxylic acids is 1. The van der Waals surface area contributed by atoms with E-state index in [0.29, 0.717) is 50.8 Å². The van der Waals surface area contributed by atoms with Crippen LogP contribution in [0.5, 0.6) is 11.5 Å². The highest BCUT2D eigenvalue weighted by atomic mass is 32.2. The molecule has 182 valence electrons. The molecule has 0 radical (unpaired) electrons. The number of nitriles is 1. The topological polar surface area (TPSA) is 96.6 Å². The van der Waals surface area contributed by atoms with Crippen molar-refractivity contribution in [2.45, 2.75) is 39.7 Å². The van der Waals surface area contributed by atoms with Gasteiger partial charge in [0.1, 0.15) is 21.8 Å². The highest BCUT2D eigenvalue weighted by molar-refractivity contribution is 8.26. The Morgan fingerprint density at radius 2 is 2.03 bits per heavy atom. The molecule has 2 aliphatic rings. The predicted molar refractivity (Wildman–Crippen MR) is 140 cm³/mol. The smallest absolute Gasteiger partial charge is 0.270 e. The van der Waals surface area contributed by atoms with Gasteiger partial charge in [0.25, 0.3) is 11.5 Å². The third kappa shape index (κ3) is 4.92. The number of nitrogens with one attached hydrogen (secondary N) is 1. The molecule has 1 saturated heterocycles. The maximum absolute atomic E-state index is 13.1. The first-order chi connectivity index (χ1) is 16.8. The van der Waals surface area contributed by atoms with Gasteiger partial charge in [0.05, 0.1) is 4.91 Å². The molecule has 0 aliphatic carbocycles. The molecule has 0 bridgehead atoms. The molecule has 3 heterocycles. The number of fused-ring (bicyclic) bond motifs is 1. The van der Waals surface area contributed by atoms with Crippen LogP contribution in [0.1, 0.15) is 48.4 Å². The fourth-order valence-electron chi connectivity index (χ4n) is 4.03. The van der Waals surface area contributed by atoms with Crippen LogP contribution in [0.3, 0.4) is 0 Å². The molecule has 35 heavy (non-hydrogen) atoms. The van der Waals surface area contributed by atoms with Crippen LogP contribution in [0.2, 0.25) is 0 Å². The second kappa shape index (κ2) is 10.5. The molecule has 1 fully saturated rings. The van der Waals surface area contributed by atoms with Crippen molar-refractivity contribution in [3.05, 3.63) is 55.7 Å². The lowest BCUT2D eigenvalue weighted by Gasteiger charge is -2.18.